The maximum atomic E-state index is 12.5. The van der Waals surface area contributed by atoms with Crippen LogP contribution in [0.4, 0.5) is 0 Å². The zero-order valence-electron chi connectivity index (χ0n) is 14.3. The van der Waals surface area contributed by atoms with Crippen molar-refractivity contribution in [3.8, 4) is 0 Å². The lowest BCUT2D eigenvalue weighted by Gasteiger charge is -2.35. The number of hydrogen-bond acceptors (Lipinski definition) is 5. The fourth-order valence-corrected chi connectivity index (χ4v) is 4.37. The first kappa shape index (κ1) is 18.4. The van der Waals surface area contributed by atoms with Crippen LogP contribution >= 0.6 is 0 Å². The summed E-state index contributed by atoms with van der Waals surface area (Å²) >= 11 is 0. The highest BCUT2D eigenvalue weighted by atomic mass is 32.2. The highest BCUT2D eigenvalue weighted by Gasteiger charge is 2.34. The molecule has 1 aromatic heterocycles. The zero-order chi connectivity index (χ0) is 17.4. The van der Waals surface area contributed by atoms with Crippen LogP contribution in [0.3, 0.4) is 0 Å². The summed E-state index contributed by atoms with van der Waals surface area (Å²) in [7, 11) is -3.68. The minimum atomic E-state index is -3.68. The van der Waals surface area contributed by atoms with Crippen molar-refractivity contribution in [2.45, 2.75) is 52.4 Å². The van der Waals surface area contributed by atoms with Crippen LogP contribution in [0.2, 0.25) is 0 Å². The third kappa shape index (κ3) is 4.33. The van der Waals surface area contributed by atoms with E-state index >= 15 is 0 Å². The molecule has 0 amide bonds. The van der Waals surface area contributed by atoms with Crippen molar-refractivity contribution in [2.24, 2.45) is 0 Å². The molecule has 132 valence electrons. The molecule has 2 rings (SSSR count). The van der Waals surface area contributed by atoms with E-state index in [4.69, 9.17) is 9.15 Å². The number of morpholine rings is 1. The van der Waals surface area contributed by atoms with Crippen LogP contribution in [-0.4, -0.2) is 49.7 Å². The Morgan fingerprint density at radius 2 is 1.91 bits per heavy atom. The predicted molar refractivity (Wildman–Crippen MR) is 86.3 cm³/mol. The van der Waals surface area contributed by atoms with Gasteiger partial charge in [-0.15, -0.1) is 0 Å². The molecule has 0 spiro atoms. The van der Waals surface area contributed by atoms with Gasteiger partial charge < -0.3 is 14.3 Å². The molecule has 2 heterocycles. The average Bonchev–Trinajstić information content (AvgIpc) is 2.75. The Morgan fingerprint density at radius 1 is 1.35 bits per heavy atom. The molecule has 0 radical (unpaired) electrons. The lowest BCUT2D eigenvalue weighted by Crippen LogP contribution is -2.53. The second-order valence-electron chi connectivity index (χ2n) is 6.50. The molecule has 0 aliphatic carbocycles. The molecule has 1 aromatic rings. The van der Waals surface area contributed by atoms with E-state index in [1.54, 1.807) is 26.8 Å². The van der Waals surface area contributed by atoms with Crippen molar-refractivity contribution in [3.63, 3.8) is 0 Å². The molecule has 1 fully saturated rings. The summed E-state index contributed by atoms with van der Waals surface area (Å²) in [5.74, 6) is 1.26. The Hall–Kier alpha value is -0.930. The summed E-state index contributed by atoms with van der Waals surface area (Å²) in [6.07, 6.45) is -0.316. The fourth-order valence-electron chi connectivity index (χ4n) is 2.91. The molecule has 8 heteroatoms. The largest absolute Gasteiger partial charge is 0.466 e. The van der Waals surface area contributed by atoms with Gasteiger partial charge in [0, 0.05) is 25.2 Å². The smallest absolute Gasteiger partial charge is 0.279 e. The Labute approximate surface area is 137 Å². The summed E-state index contributed by atoms with van der Waals surface area (Å²) < 4.78 is 39.8. The molecule has 3 atom stereocenters. The second kappa shape index (κ2) is 6.52. The zero-order valence-corrected chi connectivity index (χ0v) is 15.1. The van der Waals surface area contributed by atoms with Gasteiger partial charge in [0.25, 0.3) is 10.2 Å². The number of furan rings is 1. The maximum Gasteiger partial charge on any atom is 0.279 e. The van der Waals surface area contributed by atoms with Crippen LogP contribution in [-0.2, 0) is 20.5 Å². The molecule has 23 heavy (non-hydrogen) atoms. The van der Waals surface area contributed by atoms with Crippen molar-refractivity contribution in [2.75, 3.05) is 19.6 Å². The first-order valence-corrected chi connectivity index (χ1v) is 9.15. The van der Waals surface area contributed by atoms with Gasteiger partial charge in [0.05, 0.1) is 12.2 Å². The minimum Gasteiger partial charge on any atom is -0.466 e. The highest BCUT2D eigenvalue weighted by molar-refractivity contribution is 7.87. The average molecular weight is 346 g/mol. The fraction of sp³-hybridized carbons (Fsp3) is 0.733. The molecule has 0 unspecified atom stereocenters. The molecule has 0 aromatic carbocycles. The van der Waals surface area contributed by atoms with E-state index in [1.165, 1.54) is 4.31 Å². The lowest BCUT2D eigenvalue weighted by atomic mass is 9.97. The molecule has 0 bridgehead atoms. The standard InChI is InChI=1S/C15H26N2O5S/c1-10-6-14(13(4)22-10)15(5,18)9-16-23(19,20)17-7-11(2)21-12(3)8-17/h6,11-12,16,18H,7-9H2,1-5H3/t11-,12+,15-/m0/s1. The number of nitrogens with zero attached hydrogens (tertiary/aromatic N) is 1. The normalized spacial score (nSPS) is 26.2. The van der Waals surface area contributed by atoms with E-state index in [-0.39, 0.29) is 18.8 Å². The first-order valence-electron chi connectivity index (χ1n) is 7.71. The third-order valence-electron chi connectivity index (χ3n) is 3.95. The number of aliphatic hydroxyl groups is 1. The summed E-state index contributed by atoms with van der Waals surface area (Å²) in [5.41, 5.74) is -0.764. The molecule has 2 N–H and O–H groups in total. The van der Waals surface area contributed by atoms with Gasteiger partial charge >= 0.3 is 0 Å². The predicted octanol–water partition coefficient (Wildman–Crippen LogP) is 1.05. The van der Waals surface area contributed by atoms with Crippen LogP contribution in [0.25, 0.3) is 0 Å². The minimum absolute atomic E-state index is 0.130. The molecule has 0 saturated carbocycles. The Bertz CT molecular complexity index is 643. The first-order chi connectivity index (χ1) is 10.5. The molecule has 7 nitrogen and oxygen atoms in total. The molecular weight excluding hydrogens is 320 g/mol. The third-order valence-corrected chi connectivity index (χ3v) is 5.43. The second-order valence-corrected chi connectivity index (χ2v) is 8.26. The molecule has 1 aliphatic heterocycles. The summed E-state index contributed by atoms with van der Waals surface area (Å²) in [5, 5.41) is 10.6. The van der Waals surface area contributed by atoms with Crippen LogP contribution in [0, 0.1) is 13.8 Å². The van der Waals surface area contributed by atoms with Crippen LogP contribution in [0.15, 0.2) is 10.5 Å². The van der Waals surface area contributed by atoms with E-state index in [2.05, 4.69) is 4.72 Å². The van der Waals surface area contributed by atoms with Crippen LogP contribution < -0.4 is 4.72 Å². The van der Waals surface area contributed by atoms with Crippen molar-refractivity contribution in [1.82, 2.24) is 9.03 Å². The van der Waals surface area contributed by atoms with Gasteiger partial charge in [-0.1, -0.05) is 0 Å². The van der Waals surface area contributed by atoms with Gasteiger partial charge in [0.1, 0.15) is 17.1 Å². The summed E-state index contributed by atoms with van der Waals surface area (Å²) in [4.78, 5) is 0. The molecule has 1 aliphatic rings. The van der Waals surface area contributed by atoms with Gasteiger partial charge in [-0.3, -0.25) is 0 Å². The van der Waals surface area contributed by atoms with E-state index < -0.39 is 15.8 Å². The van der Waals surface area contributed by atoms with Crippen LogP contribution in [0.5, 0.6) is 0 Å². The van der Waals surface area contributed by atoms with Gasteiger partial charge in [-0.05, 0) is 40.7 Å². The maximum absolute atomic E-state index is 12.5. The van der Waals surface area contributed by atoms with E-state index in [0.29, 0.717) is 30.2 Å². The van der Waals surface area contributed by atoms with Gasteiger partial charge in [-0.25, -0.2) is 0 Å². The number of ether oxygens (including phenoxy) is 1. The van der Waals surface area contributed by atoms with Crippen molar-refractivity contribution in [3.05, 3.63) is 23.2 Å². The lowest BCUT2D eigenvalue weighted by molar-refractivity contribution is -0.0445. The summed E-state index contributed by atoms with van der Waals surface area (Å²) in [6, 6.07) is 1.72. The Morgan fingerprint density at radius 3 is 2.39 bits per heavy atom. The van der Waals surface area contributed by atoms with Gasteiger partial charge in [0.15, 0.2) is 0 Å². The molecule has 1 saturated heterocycles. The Balaban J connectivity index is 2.07. The summed E-state index contributed by atoms with van der Waals surface area (Å²) in [6.45, 7) is 9.24. The van der Waals surface area contributed by atoms with E-state index in [0.717, 1.165) is 0 Å². The van der Waals surface area contributed by atoms with Crippen LogP contribution in [0.1, 0.15) is 37.9 Å². The number of aryl methyl sites for hydroxylation is 2. The molecular formula is C15H26N2O5S. The number of rotatable bonds is 5. The monoisotopic (exact) mass is 346 g/mol. The number of hydrogen-bond donors (Lipinski definition) is 2. The van der Waals surface area contributed by atoms with Gasteiger partial charge in [-0.2, -0.15) is 17.4 Å². The van der Waals surface area contributed by atoms with E-state index in [9.17, 15) is 13.5 Å². The highest BCUT2D eigenvalue weighted by Crippen LogP contribution is 2.26. The Kier molecular flexibility index (Phi) is 5.22. The van der Waals surface area contributed by atoms with Crippen molar-refractivity contribution in [1.29, 1.82) is 0 Å². The van der Waals surface area contributed by atoms with Crippen molar-refractivity contribution >= 4 is 10.2 Å². The van der Waals surface area contributed by atoms with Gasteiger partial charge in [0.2, 0.25) is 0 Å². The quantitative estimate of drug-likeness (QED) is 0.831. The van der Waals surface area contributed by atoms with E-state index in [1.807, 2.05) is 13.8 Å². The topological polar surface area (TPSA) is 92.0 Å². The SMILES string of the molecule is Cc1cc([C@@](C)(O)CNS(=O)(=O)N2C[C@@H](C)O[C@@H](C)C2)c(C)o1. The van der Waals surface area contributed by atoms with Crippen molar-refractivity contribution < 1.29 is 22.7 Å². The number of nitrogens with one attached hydrogen (secondary N) is 1.